The minimum absolute atomic E-state index is 0.00782. The summed E-state index contributed by atoms with van der Waals surface area (Å²) in [4.78, 5) is 46.1. The molecule has 0 aromatic rings. The minimum atomic E-state index is -0.710. The number of esters is 2. The second-order valence-electron chi connectivity index (χ2n) is 5.88. The summed E-state index contributed by atoms with van der Waals surface area (Å²) in [5.74, 6) is -1.80. The van der Waals surface area contributed by atoms with E-state index in [1.165, 1.54) is 7.11 Å². The van der Waals surface area contributed by atoms with Gasteiger partial charge >= 0.3 is 11.9 Å². The Morgan fingerprint density at radius 1 is 1.08 bits per heavy atom. The molecule has 0 unspecified atom stereocenters. The standard InChI is InChI=1S/C17H26N2O6/c1-12(19-17(23)13-6-4-3-5-7-13)16(22)18-10-11-25-15(21)9-8-14(20)24-2/h8-9,12-13H,3-7,10-11H2,1-2H3,(H,18,22)(H,19,23)/b9-8+/t12-/m0/s1. The van der Waals surface area contributed by atoms with Crippen LogP contribution in [0.25, 0.3) is 0 Å². The molecule has 140 valence electrons. The van der Waals surface area contributed by atoms with Crippen molar-refractivity contribution in [3.05, 3.63) is 12.2 Å². The molecule has 1 aliphatic rings. The van der Waals surface area contributed by atoms with Crippen LogP contribution in [0.15, 0.2) is 12.2 Å². The van der Waals surface area contributed by atoms with Gasteiger partial charge in [-0.2, -0.15) is 0 Å². The summed E-state index contributed by atoms with van der Waals surface area (Å²) < 4.78 is 9.14. The fraction of sp³-hybridized carbons (Fsp3) is 0.647. The largest absolute Gasteiger partial charge is 0.466 e. The van der Waals surface area contributed by atoms with Gasteiger partial charge in [0.2, 0.25) is 11.8 Å². The molecule has 1 atom stereocenters. The number of amides is 2. The Bertz CT molecular complexity index is 511. The van der Waals surface area contributed by atoms with E-state index in [0.717, 1.165) is 44.3 Å². The fourth-order valence-electron chi connectivity index (χ4n) is 2.49. The normalized spacial score (nSPS) is 16.1. The highest BCUT2D eigenvalue weighted by Gasteiger charge is 2.24. The topological polar surface area (TPSA) is 111 Å². The predicted molar refractivity (Wildman–Crippen MR) is 89.3 cm³/mol. The molecule has 2 N–H and O–H groups in total. The molecule has 0 bridgehead atoms. The molecule has 2 amide bonds. The van der Waals surface area contributed by atoms with E-state index in [0.29, 0.717) is 0 Å². The number of hydrogen-bond donors (Lipinski definition) is 2. The Labute approximate surface area is 147 Å². The van der Waals surface area contributed by atoms with Crippen molar-refractivity contribution in [2.45, 2.75) is 45.1 Å². The van der Waals surface area contributed by atoms with Gasteiger partial charge in [-0.25, -0.2) is 9.59 Å². The number of nitrogens with one attached hydrogen (secondary N) is 2. The lowest BCUT2D eigenvalue weighted by molar-refractivity contribution is -0.139. The molecule has 0 aliphatic heterocycles. The zero-order valence-electron chi connectivity index (χ0n) is 14.7. The summed E-state index contributed by atoms with van der Waals surface area (Å²) >= 11 is 0. The zero-order valence-corrected chi connectivity index (χ0v) is 14.7. The average Bonchev–Trinajstić information content (AvgIpc) is 2.63. The summed E-state index contributed by atoms with van der Waals surface area (Å²) in [7, 11) is 1.20. The molecule has 8 nitrogen and oxygen atoms in total. The Morgan fingerprint density at radius 3 is 2.36 bits per heavy atom. The van der Waals surface area contributed by atoms with E-state index < -0.39 is 18.0 Å². The maximum atomic E-state index is 12.1. The van der Waals surface area contributed by atoms with E-state index in [2.05, 4.69) is 15.4 Å². The quantitative estimate of drug-likeness (QED) is 0.372. The third kappa shape index (κ3) is 8.32. The summed E-state index contributed by atoms with van der Waals surface area (Å²) in [6.07, 6.45) is 6.89. The lowest BCUT2D eigenvalue weighted by Crippen LogP contribution is -2.47. The molecule has 0 radical (unpaired) electrons. The van der Waals surface area contributed by atoms with Crippen molar-refractivity contribution in [3.8, 4) is 0 Å². The van der Waals surface area contributed by atoms with Gasteiger partial charge in [0.05, 0.1) is 13.7 Å². The van der Waals surface area contributed by atoms with Crippen molar-refractivity contribution in [3.63, 3.8) is 0 Å². The van der Waals surface area contributed by atoms with E-state index >= 15 is 0 Å². The van der Waals surface area contributed by atoms with Crippen LogP contribution in [-0.2, 0) is 28.7 Å². The third-order valence-electron chi connectivity index (χ3n) is 3.93. The number of methoxy groups -OCH3 is 1. The van der Waals surface area contributed by atoms with E-state index in [4.69, 9.17) is 4.74 Å². The van der Waals surface area contributed by atoms with Crippen molar-refractivity contribution in [1.29, 1.82) is 0 Å². The van der Waals surface area contributed by atoms with E-state index in [1.54, 1.807) is 6.92 Å². The molecule has 1 aliphatic carbocycles. The number of carbonyl (C=O) groups is 4. The van der Waals surface area contributed by atoms with E-state index in [-0.39, 0.29) is 30.9 Å². The fourth-order valence-corrected chi connectivity index (χ4v) is 2.49. The van der Waals surface area contributed by atoms with Crippen molar-refractivity contribution >= 4 is 23.8 Å². The van der Waals surface area contributed by atoms with Gasteiger partial charge in [-0.1, -0.05) is 19.3 Å². The van der Waals surface area contributed by atoms with Gasteiger partial charge in [-0.05, 0) is 19.8 Å². The van der Waals surface area contributed by atoms with Gasteiger partial charge < -0.3 is 20.1 Å². The predicted octanol–water partition coefficient (Wildman–Crippen LogP) is 0.460. The second-order valence-corrected chi connectivity index (χ2v) is 5.88. The van der Waals surface area contributed by atoms with Gasteiger partial charge in [0.25, 0.3) is 0 Å². The highest BCUT2D eigenvalue weighted by molar-refractivity contribution is 5.91. The lowest BCUT2D eigenvalue weighted by Gasteiger charge is -2.22. The van der Waals surface area contributed by atoms with Gasteiger partial charge in [0, 0.05) is 18.1 Å². The van der Waals surface area contributed by atoms with E-state index in [9.17, 15) is 19.2 Å². The lowest BCUT2D eigenvalue weighted by atomic mass is 9.88. The first-order valence-electron chi connectivity index (χ1n) is 8.45. The Morgan fingerprint density at radius 2 is 1.72 bits per heavy atom. The van der Waals surface area contributed by atoms with Gasteiger partial charge in [0.15, 0.2) is 0 Å². The van der Waals surface area contributed by atoms with Crippen LogP contribution in [0, 0.1) is 5.92 Å². The Hall–Kier alpha value is -2.38. The van der Waals surface area contributed by atoms with Crippen LogP contribution >= 0.6 is 0 Å². The van der Waals surface area contributed by atoms with Crippen LogP contribution < -0.4 is 10.6 Å². The minimum Gasteiger partial charge on any atom is -0.466 e. The second kappa shape index (κ2) is 11.2. The smallest absolute Gasteiger partial charge is 0.331 e. The summed E-state index contributed by atoms with van der Waals surface area (Å²) in [6.45, 7) is 1.68. The summed E-state index contributed by atoms with van der Waals surface area (Å²) in [6, 6.07) is -0.649. The molecule has 0 aromatic carbocycles. The van der Waals surface area contributed by atoms with Crippen LogP contribution in [0.4, 0.5) is 0 Å². The van der Waals surface area contributed by atoms with Crippen molar-refractivity contribution in [1.82, 2.24) is 10.6 Å². The number of hydrogen-bond acceptors (Lipinski definition) is 6. The Balaban J connectivity index is 2.20. The molecular formula is C17H26N2O6. The van der Waals surface area contributed by atoms with Crippen LogP contribution in [-0.4, -0.2) is 50.1 Å². The van der Waals surface area contributed by atoms with Crippen LogP contribution in [0.3, 0.4) is 0 Å². The number of carbonyl (C=O) groups excluding carboxylic acids is 4. The van der Waals surface area contributed by atoms with Gasteiger partial charge in [-0.15, -0.1) is 0 Å². The third-order valence-corrected chi connectivity index (χ3v) is 3.93. The molecule has 0 aromatic heterocycles. The maximum Gasteiger partial charge on any atom is 0.331 e. The molecule has 1 fully saturated rings. The molecule has 8 heteroatoms. The maximum absolute atomic E-state index is 12.1. The van der Waals surface area contributed by atoms with Crippen molar-refractivity contribution in [2.75, 3.05) is 20.3 Å². The molecular weight excluding hydrogens is 328 g/mol. The van der Waals surface area contributed by atoms with Crippen LogP contribution in [0.1, 0.15) is 39.0 Å². The SMILES string of the molecule is COC(=O)/C=C/C(=O)OCCNC(=O)[C@H](C)NC(=O)C1CCCCC1. The molecule has 1 rings (SSSR count). The molecule has 25 heavy (non-hydrogen) atoms. The average molecular weight is 354 g/mol. The van der Waals surface area contributed by atoms with E-state index in [1.807, 2.05) is 0 Å². The van der Waals surface area contributed by atoms with Crippen molar-refractivity contribution < 1.29 is 28.7 Å². The summed E-state index contributed by atoms with van der Waals surface area (Å²) in [5, 5.41) is 5.29. The number of rotatable bonds is 8. The highest BCUT2D eigenvalue weighted by Crippen LogP contribution is 2.23. The first-order valence-corrected chi connectivity index (χ1v) is 8.45. The first-order chi connectivity index (χ1) is 11.9. The first kappa shape index (κ1) is 20.7. The Kier molecular flexibility index (Phi) is 9.28. The van der Waals surface area contributed by atoms with Gasteiger partial charge in [0.1, 0.15) is 12.6 Å². The summed E-state index contributed by atoms with van der Waals surface area (Å²) in [5.41, 5.74) is 0. The molecule has 0 saturated heterocycles. The monoisotopic (exact) mass is 354 g/mol. The molecule has 0 spiro atoms. The zero-order chi connectivity index (χ0) is 18.7. The van der Waals surface area contributed by atoms with Crippen molar-refractivity contribution in [2.24, 2.45) is 5.92 Å². The highest BCUT2D eigenvalue weighted by atomic mass is 16.5. The van der Waals surface area contributed by atoms with Crippen LogP contribution in [0.5, 0.6) is 0 Å². The van der Waals surface area contributed by atoms with Gasteiger partial charge in [-0.3, -0.25) is 9.59 Å². The number of ether oxygens (including phenoxy) is 2. The molecule has 0 heterocycles. The molecule has 1 saturated carbocycles. The van der Waals surface area contributed by atoms with Crippen LogP contribution in [0.2, 0.25) is 0 Å².